The van der Waals surface area contributed by atoms with Crippen molar-refractivity contribution in [3.8, 4) is 6.07 Å². The fourth-order valence-electron chi connectivity index (χ4n) is 1.26. The van der Waals surface area contributed by atoms with Crippen LogP contribution in [0.2, 0.25) is 0 Å². The smallest absolute Gasteiger partial charge is 0.154 e. The summed E-state index contributed by atoms with van der Waals surface area (Å²) in [5.74, 6) is 0.0428. The summed E-state index contributed by atoms with van der Waals surface area (Å²) in [6.07, 6.45) is 0.288. The van der Waals surface area contributed by atoms with Crippen LogP contribution in [0.15, 0.2) is 0 Å². The van der Waals surface area contributed by atoms with Gasteiger partial charge in [-0.3, -0.25) is 0 Å². The van der Waals surface area contributed by atoms with Gasteiger partial charge in [0.25, 0.3) is 0 Å². The Kier molecular flexibility index (Phi) is 2.15. The molecule has 0 aliphatic heterocycles. The number of nitriles is 1. The highest BCUT2D eigenvalue weighted by Crippen LogP contribution is 2.49. The Balaban J connectivity index is 2.83. The number of rotatable bonds is 3. The molecule has 5 heteroatoms. The van der Waals surface area contributed by atoms with Crippen molar-refractivity contribution in [1.82, 2.24) is 0 Å². The van der Waals surface area contributed by atoms with Crippen LogP contribution in [-0.4, -0.2) is 31.1 Å². The predicted molar refractivity (Wildman–Crippen MR) is 43.0 cm³/mol. The van der Waals surface area contributed by atoms with E-state index in [9.17, 15) is 8.42 Å². The second kappa shape index (κ2) is 2.71. The van der Waals surface area contributed by atoms with Crippen molar-refractivity contribution in [1.29, 1.82) is 5.26 Å². The van der Waals surface area contributed by atoms with Crippen LogP contribution < -0.4 is 0 Å². The van der Waals surface area contributed by atoms with E-state index in [1.807, 2.05) is 6.07 Å². The van der Waals surface area contributed by atoms with Gasteiger partial charge in [0.2, 0.25) is 0 Å². The first-order valence-corrected chi connectivity index (χ1v) is 5.47. The SMILES string of the molecule is CCS(=O)(=O)[C@@H]1C[C@@]1(C#N)CO. The van der Waals surface area contributed by atoms with Gasteiger partial charge in [-0.1, -0.05) is 6.92 Å². The van der Waals surface area contributed by atoms with Crippen LogP contribution in [0, 0.1) is 16.7 Å². The van der Waals surface area contributed by atoms with Gasteiger partial charge < -0.3 is 5.11 Å². The quantitative estimate of drug-likeness (QED) is 0.661. The standard InChI is InChI=1S/C7H11NO3S/c1-2-12(10,11)6-3-7(6,4-8)5-9/h6,9H,2-3,5H2,1H3/t6-,7-/m1/s1. The van der Waals surface area contributed by atoms with Crippen molar-refractivity contribution in [2.75, 3.05) is 12.4 Å². The van der Waals surface area contributed by atoms with E-state index in [2.05, 4.69) is 0 Å². The predicted octanol–water partition coefficient (Wildman–Crippen LogP) is -0.304. The molecule has 0 spiro atoms. The number of hydrogen-bond acceptors (Lipinski definition) is 4. The van der Waals surface area contributed by atoms with Crippen LogP contribution in [0.25, 0.3) is 0 Å². The van der Waals surface area contributed by atoms with Crippen molar-refractivity contribution in [2.45, 2.75) is 18.6 Å². The third-order valence-corrected chi connectivity index (χ3v) is 4.64. The Bertz CT molecular complexity index is 316. The maximum Gasteiger partial charge on any atom is 0.154 e. The summed E-state index contributed by atoms with van der Waals surface area (Å²) in [5.41, 5.74) is -0.991. The summed E-state index contributed by atoms with van der Waals surface area (Å²) >= 11 is 0. The number of hydrogen-bond donors (Lipinski definition) is 1. The Hall–Kier alpha value is -0.600. The lowest BCUT2D eigenvalue weighted by Crippen LogP contribution is -2.19. The Labute approximate surface area is 71.7 Å². The third-order valence-electron chi connectivity index (χ3n) is 2.35. The first kappa shape index (κ1) is 9.49. The molecule has 2 atom stereocenters. The van der Waals surface area contributed by atoms with Gasteiger partial charge in [-0.05, 0) is 6.42 Å². The van der Waals surface area contributed by atoms with Crippen molar-refractivity contribution in [3.63, 3.8) is 0 Å². The molecule has 0 unspecified atom stereocenters. The molecule has 0 aromatic carbocycles. The molecular formula is C7H11NO3S. The van der Waals surface area contributed by atoms with E-state index in [1.165, 1.54) is 0 Å². The summed E-state index contributed by atoms with van der Waals surface area (Å²) in [5, 5.41) is 16.8. The van der Waals surface area contributed by atoms with Gasteiger partial charge in [0.1, 0.15) is 0 Å². The molecule has 1 rings (SSSR count). The lowest BCUT2D eigenvalue weighted by atomic mass is 10.2. The number of aliphatic hydroxyl groups excluding tert-OH is 1. The van der Waals surface area contributed by atoms with E-state index >= 15 is 0 Å². The van der Waals surface area contributed by atoms with Crippen molar-refractivity contribution < 1.29 is 13.5 Å². The second-order valence-corrected chi connectivity index (χ2v) is 5.54. The average Bonchev–Trinajstić information content (AvgIpc) is 2.80. The minimum atomic E-state index is -3.14. The Morgan fingerprint density at radius 1 is 1.75 bits per heavy atom. The molecule has 0 amide bonds. The monoisotopic (exact) mass is 189 g/mol. The van der Waals surface area contributed by atoms with Crippen LogP contribution in [0.5, 0.6) is 0 Å². The highest BCUT2D eigenvalue weighted by Gasteiger charge is 2.61. The second-order valence-electron chi connectivity index (χ2n) is 3.07. The van der Waals surface area contributed by atoms with E-state index in [1.54, 1.807) is 6.92 Å². The maximum absolute atomic E-state index is 11.2. The highest BCUT2D eigenvalue weighted by atomic mass is 32.2. The molecule has 68 valence electrons. The zero-order valence-electron chi connectivity index (χ0n) is 6.82. The zero-order valence-corrected chi connectivity index (χ0v) is 7.63. The summed E-state index contributed by atoms with van der Waals surface area (Å²) in [4.78, 5) is 0. The topological polar surface area (TPSA) is 78.2 Å². The van der Waals surface area contributed by atoms with Crippen LogP contribution in [0.4, 0.5) is 0 Å². The van der Waals surface area contributed by atoms with E-state index in [4.69, 9.17) is 10.4 Å². The summed E-state index contributed by atoms with van der Waals surface area (Å²) in [6.45, 7) is 1.19. The first-order valence-electron chi connectivity index (χ1n) is 3.76. The minimum absolute atomic E-state index is 0.0428. The zero-order chi connectivity index (χ0) is 9.41. The molecule has 1 aliphatic rings. The van der Waals surface area contributed by atoms with Crippen LogP contribution >= 0.6 is 0 Å². The van der Waals surface area contributed by atoms with Gasteiger partial charge in [-0.2, -0.15) is 5.26 Å². The van der Waals surface area contributed by atoms with Gasteiger partial charge in [0, 0.05) is 5.75 Å². The number of sulfone groups is 1. The van der Waals surface area contributed by atoms with Gasteiger partial charge in [0.15, 0.2) is 9.84 Å². The van der Waals surface area contributed by atoms with E-state index in [0.29, 0.717) is 0 Å². The van der Waals surface area contributed by atoms with E-state index < -0.39 is 20.5 Å². The molecule has 1 fully saturated rings. The molecule has 1 aliphatic carbocycles. The molecule has 1 N–H and O–H groups in total. The molecule has 0 heterocycles. The molecular weight excluding hydrogens is 178 g/mol. The molecule has 0 bridgehead atoms. The summed E-state index contributed by atoms with van der Waals surface area (Å²) < 4.78 is 22.5. The fourth-order valence-corrected chi connectivity index (χ4v) is 3.03. The Morgan fingerprint density at radius 3 is 2.58 bits per heavy atom. The number of aliphatic hydroxyl groups is 1. The van der Waals surface area contributed by atoms with Gasteiger partial charge in [-0.15, -0.1) is 0 Å². The van der Waals surface area contributed by atoms with Crippen molar-refractivity contribution in [3.05, 3.63) is 0 Å². The molecule has 1 saturated carbocycles. The largest absolute Gasteiger partial charge is 0.395 e. The van der Waals surface area contributed by atoms with E-state index in [0.717, 1.165) is 0 Å². The molecule has 0 aromatic rings. The van der Waals surface area contributed by atoms with Crippen molar-refractivity contribution >= 4 is 9.84 Å². The molecule has 0 aromatic heterocycles. The lowest BCUT2D eigenvalue weighted by molar-refractivity contribution is 0.246. The van der Waals surface area contributed by atoms with Crippen LogP contribution in [0.3, 0.4) is 0 Å². The third kappa shape index (κ3) is 1.21. The average molecular weight is 189 g/mol. The van der Waals surface area contributed by atoms with Gasteiger partial charge >= 0.3 is 0 Å². The lowest BCUT2D eigenvalue weighted by Gasteiger charge is -2.02. The highest BCUT2D eigenvalue weighted by molar-refractivity contribution is 7.92. The summed E-state index contributed by atoms with van der Waals surface area (Å²) in [7, 11) is -3.14. The summed E-state index contributed by atoms with van der Waals surface area (Å²) in [6, 6.07) is 1.86. The van der Waals surface area contributed by atoms with Gasteiger partial charge in [0.05, 0.1) is 23.3 Å². The van der Waals surface area contributed by atoms with Crippen molar-refractivity contribution in [2.24, 2.45) is 5.41 Å². The van der Waals surface area contributed by atoms with Crippen LogP contribution in [-0.2, 0) is 9.84 Å². The van der Waals surface area contributed by atoms with Crippen LogP contribution in [0.1, 0.15) is 13.3 Å². The minimum Gasteiger partial charge on any atom is -0.395 e. The first-order chi connectivity index (χ1) is 5.52. The molecule has 0 radical (unpaired) electrons. The number of nitrogens with zero attached hydrogens (tertiary/aromatic N) is 1. The van der Waals surface area contributed by atoms with Gasteiger partial charge in [-0.25, -0.2) is 8.42 Å². The van der Waals surface area contributed by atoms with E-state index in [-0.39, 0.29) is 18.8 Å². The molecule has 0 saturated heterocycles. The Morgan fingerprint density at radius 2 is 2.33 bits per heavy atom. The maximum atomic E-state index is 11.2. The normalized spacial score (nSPS) is 34.2. The molecule has 12 heavy (non-hydrogen) atoms. The molecule has 4 nitrogen and oxygen atoms in total. The fraction of sp³-hybridized carbons (Fsp3) is 0.857.